The Morgan fingerprint density at radius 3 is 2.37 bits per heavy atom. The molecular formula is C15H12N2OS. The zero-order valence-corrected chi connectivity index (χ0v) is 11.2. The average Bonchev–Trinajstić information content (AvgIpc) is 2.91. The molecule has 3 rings (SSSR count). The first-order chi connectivity index (χ1) is 9.31. The van der Waals surface area contributed by atoms with Gasteiger partial charge in [0.1, 0.15) is 0 Å². The highest BCUT2D eigenvalue weighted by Gasteiger charge is 2.09. The predicted molar refractivity (Wildman–Crippen MR) is 75.0 cm³/mol. The van der Waals surface area contributed by atoms with Crippen molar-refractivity contribution in [3.8, 4) is 11.5 Å². The first-order valence-electron chi connectivity index (χ1n) is 5.95. The van der Waals surface area contributed by atoms with Crippen molar-refractivity contribution in [1.29, 1.82) is 0 Å². The first-order valence-corrected chi connectivity index (χ1v) is 6.76. The Balaban J connectivity index is 1.80. The lowest BCUT2D eigenvalue weighted by Gasteiger charge is -1.97. The molecule has 0 bridgehead atoms. The SMILES string of the molecule is Cc1ccc(Sc2nnc(-c3ccccc3)o2)cc1. The number of benzene rings is 2. The quantitative estimate of drug-likeness (QED) is 0.713. The van der Waals surface area contributed by atoms with Gasteiger partial charge in [-0.2, -0.15) is 0 Å². The fourth-order valence-electron chi connectivity index (χ4n) is 1.66. The molecule has 19 heavy (non-hydrogen) atoms. The lowest BCUT2D eigenvalue weighted by molar-refractivity contribution is 0.466. The summed E-state index contributed by atoms with van der Waals surface area (Å²) in [6.07, 6.45) is 0. The maximum absolute atomic E-state index is 5.64. The second-order valence-electron chi connectivity index (χ2n) is 4.15. The van der Waals surface area contributed by atoms with Crippen molar-refractivity contribution < 1.29 is 4.42 Å². The van der Waals surface area contributed by atoms with Gasteiger partial charge in [-0.3, -0.25) is 0 Å². The summed E-state index contributed by atoms with van der Waals surface area (Å²) in [6.45, 7) is 2.06. The molecule has 1 aromatic heterocycles. The maximum Gasteiger partial charge on any atom is 0.281 e. The summed E-state index contributed by atoms with van der Waals surface area (Å²) in [5.41, 5.74) is 2.17. The summed E-state index contributed by atoms with van der Waals surface area (Å²) in [7, 11) is 0. The van der Waals surface area contributed by atoms with Gasteiger partial charge in [0.25, 0.3) is 5.22 Å². The highest BCUT2D eigenvalue weighted by molar-refractivity contribution is 7.99. The molecule has 3 nitrogen and oxygen atoms in total. The Kier molecular flexibility index (Phi) is 3.33. The molecular weight excluding hydrogens is 256 g/mol. The van der Waals surface area contributed by atoms with Gasteiger partial charge in [-0.05, 0) is 43.0 Å². The number of aryl methyl sites for hydroxylation is 1. The Bertz CT molecular complexity index is 662. The van der Waals surface area contributed by atoms with Crippen molar-refractivity contribution in [3.63, 3.8) is 0 Å². The van der Waals surface area contributed by atoms with Crippen molar-refractivity contribution in [2.75, 3.05) is 0 Å². The van der Waals surface area contributed by atoms with Crippen molar-refractivity contribution in [2.24, 2.45) is 0 Å². The smallest absolute Gasteiger partial charge is 0.281 e. The third kappa shape index (κ3) is 2.85. The maximum atomic E-state index is 5.64. The van der Waals surface area contributed by atoms with E-state index in [4.69, 9.17) is 4.42 Å². The van der Waals surface area contributed by atoms with E-state index < -0.39 is 0 Å². The van der Waals surface area contributed by atoms with Crippen molar-refractivity contribution in [2.45, 2.75) is 17.0 Å². The minimum atomic E-state index is 0.551. The summed E-state index contributed by atoms with van der Waals surface area (Å²) >= 11 is 1.47. The lowest BCUT2D eigenvalue weighted by atomic mass is 10.2. The molecule has 0 N–H and O–H groups in total. The van der Waals surface area contributed by atoms with E-state index in [1.807, 2.05) is 42.5 Å². The third-order valence-corrected chi connectivity index (χ3v) is 3.50. The molecule has 0 unspecified atom stereocenters. The van der Waals surface area contributed by atoms with Gasteiger partial charge < -0.3 is 4.42 Å². The molecule has 0 saturated carbocycles. The standard InChI is InChI=1S/C15H12N2OS/c1-11-7-9-13(10-8-11)19-15-17-16-14(18-15)12-5-3-2-4-6-12/h2-10H,1H3. The van der Waals surface area contributed by atoms with Crippen LogP contribution in [-0.2, 0) is 0 Å². The number of rotatable bonds is 3. The van der Waals surface area contributed by atoms with Crippen LogP contribution in [0.4, 0.5) is 0 Å². The number of aromatic nitrogens is 2. The molecule has 0 saturated heterocycles. The van der Waals surface area contributed by atoms with E-state index in [1.165, 1.54) is 17.3 Å². The Labute approximate surface area is 115 Å². The molecule has 1 heterocycles. The lowest BCUT2D eigenvalue weighted by Crippen LogP contribution is -1.75. The zero-order chi connectivity index (χ0) is 13.1. The Hall–Kier alpha value is -2.07. The van der Waals surface area contributed by atoms with E-state index in [0.717, 1.165) is 10.5 Å². The van der Waals surface area contributed by atoms with Gasteiger partial charge in [-0.25, -0.2) is 0 Å². The highest BCUT2D eigenvalue weighted by atomic mass is 32.2. The normalized spacial score (nSPS) is 10.6. The minimum Gasteiger partial charge on any atom is -0.411 e. The number of hydrogen-bond acceptors (Lipinski definition) is 4. The molecule has 3 aromatic rings. The van der Waals surface area contributed by atoms with Gasteiger partial charge in [0.05, 0.1) is 0 Å². The van der Waals surface area contributed by atoms with Gasteiger partial charge >= 0.3 is 0 Å². The summed E-state index contributed by atoms with van der Waals surface area (Å²) in [6, 6.07) is 18.0. The van der Waals surface area contributed by atoms with Gasteiger partial charge in [-0.15, -0.1) is 10.2 Å². The van der Waals surface area contributed by atoms with Gasteiger partial charge in [0.2, 0.25) is 5.89 Å². The topological polar surface area (TPSA) is 38.9 Å². The van der Waals surface area contributed by atoms with Crippen LogP contribution < -0.4 is 0 Å². The molecule has 0 aliphatic carbocycles. The van der Waals surface area contributed by atoms with Crippen molar-refractivity contribution in [1.82, 2.24) is 10.2 Å². The van der Waals surface area contributed by atoms with Gasteiger partial charge in [0, 0.05) is 10.5 Å². The molecule has 4 heteroatoms. The molecule has 0 radical (unpaired) electrons. The Morgan fingerprint density at radius 2 is 1.63 bits per heavy atom. The zero-order valence-electron chi connectivity index (χ0n) is 10.4. The average molecular weight is 268 g/mol. The largest absolute Gasteiger partial charge is 0.411 e. The molecule has 0 fully saturated rings. The molecule has 0 aliphatic rings. The number of hydrogen-bond donors (Lipinski definition) is 0. The van der Waals surface area contributed by atoms with Crippen LogP contribution in [-0.4, -0.2) is 10.2 Å². The van der Waals surface area contributed by atoms with Crippen LogP contribution in [0.25, 0.3) is 11.5 Å². The number of nitrogens with zero attached hydrogens (tertiary/aromatic N) is 2. The van der Waals surface area contributed by atoms with Crippen LogP contribution in [0.2, 0.25) is 0 Å². The highest BCUT2D eigenvalue weighted by Crippen LogP contribution is 2.28. The van der Waals surface area contributed by atoms with E-state index in [1.54, 1.807) is 0 Å². The fraction of sp³-hybridized carbons (Fsp3) is 0.0667. The molecule has 94 valence electrons. The van der Waals surface area contributed by atoms with Gasteiger partial charge in [0.15, 0.2) is 0 Å². The predicted octanol–water partition coefficient (Wildman–Crippen LogP) is 4.20. The monoisotopic (exact) mass is 268 g/mol. The van der Waals surface area contributed by atoms with Crippen LogP contribution in [0.15, 0.2) is 69.1 Å². The molecule has 0 spiro atoms. The summed E-state index contributed by atoms with van der Waals surface area (Å²) < 4.78 is 5.64. The second-order valence-corrected chi connectivity index (χ2v) is 5.18. The minimum absolute atomic E-state index is 0.551. The van der Waals surface area contributed by atoms with Gasteiger partial charge in [-0.1, -0.05) is 35.9 Å². The second kappa shape index (κ2) is 5.28. The first kappa shape index (κ1) is 12.0. The molecule has 0 atom stereocenters. The van der Waals surface area contributed by atoms with E-state index in [2.05, 4.69) is 29.3 Å². The molecule has 0 amide bonds. The van der Waals surface area contributed by atoms with Crippen LogP contribution in [0.5, 0.6) is 0 Å². The van der Waals surface area contributed by atoms with E-state index in [-0.39, 0.29) is 0 Å². The van der Waals surface area contributed by atoms with Crippen LogP contribution in [0, 0.1) is 6.92 Å². The van der Waals surface area contributed by atoms with Crippen molar-refractivity contribution >= 4 is 11.8 Å². The fourth-order valence-corrected chi connectivity index (χ4v) is 2.33. The van der Waals surface area contributed by atoms with Crippen LogP contribution >= 0.6 is 11.8 Å². The van der Waals surface area contributed by atoms with Crippen LogP contribution in [0.3, 0.4) is 0 Å². The summed E-state index contributed by atoms with van der Waals surface area (Å²) in [5, 5.41) is 8.68. The third-order valence-electron chi connectivity index (χ3n) is 2.65. The van der Waals surface area contributed by atoms with E-state index in [0.29, 0.717) is 11.1 Å². The van der Waals surface area contributed by atoms with E-state index >= 15 is 0 Å². The van der Waals surface area contributed by atoms with E-state index in [9.17, 15) is 0 Å². The van der Waals surface area contributed by atoms with Crippen molar-refractivity contribution in [3.05, 3.63) is 60.2 Å². The molecule has 0 aliphatic heterocycles. The Morgan fingerprint density at radius 1 is 0.895 bits per heavy atom. The summed E-state index contributed by atoms with van der Waals surface area (Å²) in [4.78, 5) is 1.09. The summed E-state index contributed by atoms with van der Waals surface area (Å²) in [5.74, 6) is 0.551. The van der Waals surface area contributed by atoms with Crippen LogP contribution in [0.1, 0.15) is 5.56 Å². The molecule has 2 aromatic carbocycles.